The number of nitrogens with zero attached hydrogens (tertiary/aromatic N) is 2. The highest BCUT2D eigenvalue weighted by Crippen LogP contribution is 2.26. The maximum atomic E-state index is 14.5. The lowest BCUT2D eigenvalue weighted by Crippen LogP contribution is -2.42. The molecule has 0 spiro atoms. The molecule has 2 aromatic rings. The molecular weight excluding hydrogens is 359 g/mol. The molecule has 1 aliphatic rings. The van der Waals surface area contributed by atoms with Crippen molar-refractivity contribution in [3.8, 4) is 0 Å². The molecule has 0 amide bonds. The van der Waals surface area contributed by atoms with Crippen LogP contribution in [0.5, 0.6) is 0 Å². The molecule has 0 fully saturated rings. The van der Waals surface area contributed by atoms with Crippen LogP contribution in [-0.4, -0.2) is 17.9 Å². The molecule has 0 saturated heterocycles. The first kappa shape index (κ1) is 18.2. The second kappa shape index (κ2) is 7.74. The Labute approximate surface area is 156 Å². The summed E-state index contributed by atoms with van der Waals surface area (Å²) in [5, 5.41) is 7.20. The van der Waals surface area contributed by atoms with Gasteiger partial charge >= 0.3 is 0 Å². The van der Waals surface area contributed by atoms with Crippen LogP contribution in [0.2, 0.25) is 0 Å². The van der Waals surface area contributed by atoms with Crippen LogP contribution in [-0.2, 0) is 6.42 Å². The number of nitrogens with one attached hydrogen (secondary N) is 1. The van der Waals surface area contributed by atoms with Gasteiger partial charge in [-0.25, -0.2) is 14.8 Å². The fraction of sp³-hybridized carbons (Fsp3) is 0.278. The van der Waals surface area contributed by atoms with Crippen LogP contribution in [0.1, 0.15) is 16.7 Å². The molecule has 0 aromatic heterocycles. The van der Waals surface area contributed by atoms with Gasteiger partial charge in [-0.2, -0.15) is 0 Å². The van der Waals surface area contributed by atoms with Crippen LogP contribution in [0, 0.1) is 19.7 Å². The molecule has 0 aliphatic carbocycles. The first-order valence-corrected chi connectivity index (χ1v) is 9.34. The number of hydrogen-bond donors (Lipinski definition) is 2. The van der Waals surface area contributed by atoms with Crippen molar-refractivity contribution in [1.29, 1.82) is 0 Å². The predicted molar refractivity (Wildman–Crippen MR) is 104 cm³/mol. The van der Waals surface area contributed by atoms with Gasteiger partial charge in [0.15, 0.2) is 0 Å². The summed E-state index contributed by atoms with van der Waals surface area (Å²) in [5.41, 5.74) is 7.10. The summed E-state index contributed by atoms with van der Waals surface area (Å²) in [5.74, 6) is 0.698. The Balaban J connectivity index is 1.93. The van der Waals surface area contributed by atoms with E-state index >= 15 is 0 Å². The maximum Gasteiger partial charge on any atom is 0.149 e. The Morgan fingerprint density at radius 2 is 2.08 bits per heavy atom. The van der Waals surface area contributed by atoms with Crippen molar-refractivity contribution in [1.82, 2.24) is 5.43 Å². The van der Waals surface area contributed by atoms with Crippen molar-refractivity contribution in [2.75, 3.05) is 10.9 Å². The summed E-state index contributed by atoms with van der Waals surface area (Å²) in [6.07, 6.45) is 0.325. The van der Waals surface area contributed by atoms with Crippen LogP contribution in [0.3, 0.4) is 0 Å². The lowest BCUT2D eigenvalue weighted by atomic mass is 10.0. The number of nitrogens with two attached hydrogens (primary N) is 1. The van der Waals surface area contributed by atoms with E-state index < -0.39 is 0 Å². The van der Waals surface area contributed by atoms with Gasteiger partial charge in [-0.15, -0.1) is 11.6 Å². The maximum absolute atomic E-state index is 14.5. The minimum atomic E-state index is -0.355. The van der Waals surface area contributed by atoms with Crippen LogP contribution >= 0.6 is 23.5 Å². The minimum Gasteiger partial charge on any atom is -0.274 e. The number of aliphatic imine (C=N–C) groups is 1. The fourth-order valence-corrected chi connectivity index (χ4v) is 3.25. The molecule has 0 radical (unpaired) electrons. The summed E-state index contributed by atoms with van der Waals surface area (Å²) < 4.78 is 14.5. The molecule has 132 valence electrons. The van der Waals surface area contributed by atoms with Gasteiger partial charge in [-0.1, -0.05) is 23.8 Å². The molecular formula is C18H20ClFN4S. The average Bonchev–Trinajstić information content (AvgIpc) is 3.00. The summed E-state index contributed by atoms with van der Waals surface area (Å²) in [6.45, 7) is 4.12. The zero-order valence-electron chi connectivity index (χ0n) is 14.1. The van der Waals surface area contributed by atoms with Gasteiger partial charge in [-0.05, 0) is 55.1 Å². The Morgan fingerprint density at radius 3 is 2.76 bits per heavy atom. The number of amidine groups is 1. The molecule has 3 N–H and O–H groups in total. The smallest absolute Gasteiger partial charge is 0.149 e. The first-order chi connectivity index (χ1) is 12.0. The molecule has 1 heterocycles. The molecule has 1 unspecified atom stereocenters. The molecule has 4 nitrogen and oxygen atoms in total. The van der Waals surface area contributed by atoms with E-state index in [1.54, 1.807) is 17.1 Å². The Kier molecular flexibility index (Phi) is 5.64. The number of halogens is 2. The van der Waals surface area contributed by atoms with Gasteiger partial charge in [0.25, 0.3) is 0 Å². The van der Waals surface area contributed by atoms with Gasteiger partial charge in [0.2, 0.25) is 0 Å². The normalized spacial score (nSPS) is 17.1. The standard InChI is InChI=1S/C18H20ClFN4S/c1-11-3-4-12(2)13(7-11)8-18-22-17(10-19)23-24(18)16-6-5-14(25-21)9-15(16)20/h3-7,9,17,23H,8,10,21H2,1-2H3. The Bertz CT molecular complexity index is 812. The van der Waals surface area contributed by atoms with Gasteiger partial charge in [0.05, 0.1) is 11.6 Å². The highest BCUT2D eigenvalue weighted by Gasteiger charge is 2.27. The molecule has 1 atom stereocenters. The lowest BCUT2D eigenvalue weighted by Gasteiger charge is -2.23. The first-order valence-electron chi connectivity index (χ1n) is 7.93. The largest absolute Gasteiger partial charge is 0.274 e. The number of hydrazine groups is 1. The monoisotopic (exact) mass is 378 g/mol. The highest BCUT2D eigenvalue weighted by atomic mass is 35.5. The topological polar surface area (TPSA) is 53.7 Å². The second-order valence-electron chi connectivity index (χ2n) is 6.02. The number of anilines is 1. The van der Waals surface area contributed by atoms with Crippen LogP contribution in [0.4, 0.5) is 10.1 Å². The van der Waals surface area contributed by atoms with Crippen molar-refractivity contribution in [2.45, 2.75) is 31.3 Å². The summed E-state index contributed by atoms with van der Waals surface area (Å²) in [4.78, 5) is 5.29. The van der Waals surface area contributed by atoms with Crippen LogP contribution in [0.25, 0.3) is 0 Å². The highest BCUT2D eigenvalue weighted by molar-refractivity contribution is 7.97. The number of benzene rings is 2. The van der Waals surface area contributed by atoms with Crippen molar-refractivity contribution in [3.63, 3.8) is 0 Å². The number of hydrogen-bond acceptors (Lipinski definition) is 5. The van der Waals surface area contributed by atoms with Gasteiger partial charge < -0.3 is 0 Å². The zero-order valence-corrected chi connectivity index (χ0v) is 15.7. The molecule has 1 aliphatic heterocycles. The van der Waals surface area contributed by atoms with Crippen LogP contribution in [0.15, 0.2) is 46.3 Å². The van der Waals surface area contributed by atoms with Gasteiger partial charge in [-0.3, -0.25) is 10.1 Å². The Morgan fingerprint density at radius 1 is 1.28 bits per heavy atom. The van der Waals surface area contributed by atoms with E-state index in [0.29, 0.717) is 22.9 Å². The summed E-state index contributed by atoms with van der Waals surface area (Å²) in [6, 6.07) is 11.2. The molecule has 0 saturated carbocycles. The number of rotatable bonds is 5. The van der Waals surface area contributed by atoms with E-state index in [9.17, 15) is 4.39 Å². The molecule has 7 heteroatoms. The van der Waals surface area contributed by atoms with Crippen molar-refractivity contribution < 1.29 is 4.39 Å². The van der Waals surface area contributed by atoms with Crippen molar-refractivity contribution in [2.24, 2.45) is 10.1 Å². The third-order valence-electron chi connectivity index (χ3n) is 4.14. The van der Waals surface area contributed by atoms with E-state index in [1.807, 2.05) is 0 Å². The van der Waals surface area contributed by atoms with E-state index in [-0.39, 0.29) is 12.0 Å². The molecule has 3 rings (SSSR count). The molecule has 25 heavy (non-hydrogen) atoms. The van der Waals surface area contributed by atoms with Gasteiger partial charge in [0.1, 0.15) is 17.8 Å². The predicted octanol–water partition coefficient (Wildman–Crippen LogP) is 3.94. The Hall–Kier alpha value is -1.60. The zero-order chi connectivity index (χ0) is 18.0. The minimum absolute atomic E-state index is 0.273. The van der Waals surface area contributed by atoms with Crippen molar-refractivity contribution in [3.05, 3.63) is 58.9 Å². The third-order valence-corrected chi connectivity index (χ3v) is 4.96. The summed E-state index contributed by atoms with van der Waals surface area (Å²) >= 11 is 6.98. The lowest BCUT2D eigenvalue weighted by molar-refractivity contribution is 0.596. The van der Waals surface area contributed by atoms with Gasteiger partial charge in [0, 0.05) is 11.3 Å². The van der Waals surface area contributed by atoms with E-state index in [2.05, 4.69) is 42.5 Å². The van der Waals surface area contributed by atoms with E-state index in [1.165, 1.54) is 17.2 Å². The second-order valence-corrected chi connectivity index (χ2v) is 7.03. The third kappa shape index (κ3) is 3.98. The number of alkyl halides is 1. The summed E-state index contributed by atoms with van der Waals surface area (Å²) in [7, 11) is 0. The number of aryl methyl sites for hydroxylation is 2. The van der Waals surface area contributed by atoms with E-state index in [4.69, 9.17) is 16.7 Å². The van der Waals surface area contributed by atoms with Crippen molar-refractivity contribution >= 4 is 35.1 Å². The van der Waals surface area contributed by atoms with Crippen LogP contribution < -0.4 is 15.6 Å². The molecule has 2 aromatic carbocycles. The fourth-order valence-electron chi connectivity index (χ4n) is 2.80. The molecule has 0 bridgehead atoms. The average molecular weight is 379 g/mol. The SMILES string of the molecule is Cc1ccc(C)c(CC2=NC(CCl)NN2c2ccc(SN)cc2F)c1. The van der Waals surface area contributed by atoms with E-state index in [0.717, 1.165) is 23.3 Å². The quantitative estimate of drug-likeness (QED) is 0.611.